The number of nitrogens with zero attached hydrogens (tertiary/aromatic N) is 3. The maximum atomic E-state index is 11.6. The third kappa shape index (κ3) is 1.52. The van der Waals surface area contributed by atoms with Crippen LogP contribution in [0.3, 0.4) is 0 Å². The zero-order chi connectivity index (χ0) is 12.0. The number of likely N-dealkylation sites (tertiary alicyclic amines) is 1. The van der Waals surface area contributed by atoms with Gasteiger partial charge in [-0.05, 0) is 12.1 Å². The van der Waals surface area contributed by atoms with Crippen molar-refractivity contribution in [1.82, 2.24) is 14.5 Å². The molecule has 1 aliphatic heterocycles. The third-order valence-corrected chi connectivity index (χ3v) is 3.53. The van der Waals surface area contributed by atoms with Gasteiger partial charge in [0.05, 0.1) is 11.0 Å². The number of carbonyl (C=O) groups is 1. The van der Waals surface area contributed by atoms with E-state index >= 15 is 0 Å². The van der Waals surface area contributed by atoms with Crippen LogP contribution in [0.25, 0.3) is 11.0 Å². The minimum Gasteiger partial charge on any atom is -0.345 e. The number of hydrogen-bond donors (Lipinski definition) is 0. The van der Waals surface area contributed by atoms with Gasteiger partial charge in [-0.1, -0.05) is 12.1 Å². The minimum absolute atomic E-state index is 0.210. The van der Waals surface area contributed by atoms with Crippen LogP contribution in [0.15, 0.2) is 24.3 Å². The van der Waals surface area contributed by atoms with Crippen molar-refractivity contribution in [3.8, 4) is 0 Å². The van der Waals surface area contributed by atoms with E-state index in [1.54, 1.807) is 4.90 Å². The van der Waals surface area contributed by atoms with Gasteiger partial charge in [-0.25, -0.2) is 4.98 Å². The zero-order valence-corrected chi connectivity index (χ0v) is 10.1. The molecule has 4 nitrogen and oxygen atoms in total. The summed E-state index contributed by atoms with van der Waals surface area (Å²) in [7, 11) is 3.87. The molecule has 1 aromatic heterocycles. The molecular weight excluding hydrogens is 214 g/mol. The molecule has 0 spiro atoms. The number of aromatic nitrogens is 2. The molecule has 4 heteroatoms. The van der Waals surface area contributed by atoms with Gasteiger partial charge in [-0.15, -0.1) is 0 Å². The summed E-state index contributed by atoms with van der Waals surface area (Å²) in [6.07, 6.45) is 0.577. The topological polar surface area (TPSA) is 38.1 Å². The summed E-state index contributed by atoms with van der Waals surface area (Å²) in [5.74, 6) is 1.45. The fraction of sp³-hybridized carbons (Fsp3) is 0.385. The molecule has 1 fully saturated rings. The normalized spacial score (nSPS) is 20.5. The van der Waals surface area contributed by atoms with Crippen molar-refractivity contribution in [3.05, 3.63) is 30.1 Å². The molecule has 1 saturated heterocycles. The molecule has 0 N–H and O–H groups in total. The summed E-state index contributed by atoms with van der Waals surface area (Å²) in [4.78, 5) is 18.0. The minimum atomic E-state index is 0.210. The number of carbonyl (C=O) groups excluding carboxylic acids is 1. The van der Waals surface area contributed by atoms with E-state index in [1.165, 1.54) is 0 Å². The SMILES string of the molecule is CN1C[C@H](c2nc3ccccc3n2C)CC1=O. The quantitative estimate of drug-likeness (QED) is 0.743. The molecule has 2 heterocycles. The van der Waals surface area contributed by atoms with Gasteiger partial charge >= 0.3 is 0 Å². The predicted molar refractivity (Wildman–Crippen MR) is 65.7 cm³/mol. The molecule has 3 rings (SSSR count). The first-order valence-corrected chi connectivity index (χ1v) is 5.82. The highest BCUT2D eigenvalue weighted by Crippen LogP contribution is 2.28. The summed E-state index contributed by atoms with van der Waals surface area (Å²) >= 11 is 0. The molecule has 0 aliphatic carbocycles. The van der Waals surface area contributed by atoms with E-state index in [0.29, 0.717) is 6.42 Å². The molecular formula is C13H15N3O. The summed E-state index contributed by atoms with van der Waals surface area (Å²) in [6, 6.07) is 8.08. The lowest BCUT2D eigenvalue weighted by atomic mass is 10.1. The molecule has 1 aliphatic rings. The van der Waals surface area contributed by atoms with Crippen LogP contribution in [0.2, 0.25) is 0 Å². The van der Waals surface area contributed by atoms with Crippen molar-refractivity contribution >= 4 is 16.9 Å². The second-order valence-corrected chi connectivity index (χ2v) is 4.69. The first-order chi connectivity index (χ1) is 8.16. The van der Waals surface area contributed by atoms with E-state index in [-0.39, 0.29) is 11.8 Å². The van der Waals surface area contributed by atoms with Gasteiger partial charge in [0, 0.05) is 33.0 Å². The van der Waals surface area contributed by atoms with Gasteiger partial charge in [0.25, 0.3) is 0 Å². The third-order valence-electron chi connectivity index (χ3n) is 3.53. The Balaban J connectivity index is 2.06. The van der Waals surface area contributed by atoms with Crippen molar-refractivity contribution < 1.29 is 4.79 Å². The van der Waals surface area contributed by atoms with E-state index in [0.717, 1.165) is 23.4 Å². The van der Waals surface area contributed by atoms with Gasteiger partial charge < -0.3 is 9.47 Å². The summed E-state index contributed by atoms with van der Waals surface area (Å²) in [6.45, 7) is 0.774. The number of aryl methyl sites for hydroxylation is 1. The number of imidazole rings is 1. The predicted octanol–water partition coefficient (Wildman–Crippen LogP) is 1.52. The lowest BCUT2D eigenvalue weighted by Crippen LogP contribution is -2.19. The summed E-state index contributed by atoms with van der Waals surface area (Å²) in [5, 5.41) is 0. The Bertz CT molecular complexity index is 587. The molecule has 1 atom stereocenters. The van der Waals surface area contributed by atoms with E-state index in [2.05, 4.69) is 15.6 Å². The van der Waals surface area contributed by atoms with Gasteiger partial charge in [-0.2, -0.15) is 0 Å². The molecule has 2 aromatic rings. The van der Waals surface area contributed by atoms with E-state index in [4.69, 9.17) is 0 Å². The second kappa shape index (κ2) is 3.58. The maximum Gasteiger partial charge on any atom is 0.223 e. The molecule has 1 aromatic carbocycles. The van der Waals surface area contributed by atoms with Crippen LogP contribution in [0, 0.1) is 0 Å². The number of benzene rings is 1. The number of likely N-dealkylation sites (N-methyl/N-ethyl adjacent to an activating group) is 1. The fourth-order valence-electron chi connectivity index (χ4n) is 2.57. The number of amides is 1. The number of hydrogen-bond acceptors (Lipinski definition) is 2. The molecule has 0 radical (unpaired) electrons. The van der Waals surface area contributed by atoms with Crippen molar-refractivity contribution in [1.29, 1.82) is 0 Å². The first kappa shape index (κ1) is 10.3. The van der Waals surface area contributed by atoms with Crippen molar-refractivity contribution in [2.75, 3.05) is 13.6 Å². The van der Waals surface area contributed by atoms with Gasteiger partial charge in [0.1, 0.15) is 5.82 Å². The van der Waals surface area contributed by atoms with Gasteiger partial charge in [-0.3, -0.25) is 4.79 Å². The average Bonchev–Trinajstić information content (AvgIpc) is 2.82. The van der Waals surface area contributed by atoms with Crippen LogP contribution in [0.4, 0.5) is 0 Å². The van der Waals surface area contributed by atoms with Gasteiger partial charge in [0.2, 0.25) is 5.91 Å². The smallest absolute Gasteiger partial charge is 0.223 e. The standard InChI is InChI=1S/C13H15N3O/c1-15-8-9(7-12(15)17)13-14-10-5-3-4-6-11(10)16(13)2/h3-6,9H,7-8H2,1-2H3/t9-/m1/s1. The molecule has 0 bridgehead atoms. The van der Waals surface area contributed by atoms with E-state index < -0.39 is 0 Å². The molecule has 0 saturated carbocycles. The highest BCUT2D eigenvalue weighted by Gasteiger charge is 2.31. The van der Waals surface area contributed by atoms with E-state index in [1.807, 2.05) is 32.3 Å². The Morgan fingerprint density at radius 2 is 2.06 bits per heavy atom. The average molecular weight is 229 g/mol. The number of para-hydroxylation sites is 2. The van der Waals surface area contributed by atoms with Crippen LogP contribution >= 0.6 is 0 Å². The zero-order valence-electron chi connectivity index (χ0n) is 10.1. The fourth-order valence-corrected chi connectivity index (χ4v) is 2.57. The Morgan fingerprint density at radius 3 is 2.71 bits per heavy atom. The van der Waals surface area contributed by atoms with E-state index in [9.17, 15) is 4.79 Å². The lowest BCUT2D eigenvalue weighted by molar-refractivity contribution is -0.126. The Labute approximate surface area is 99.9 Å². The van der Waals surface area contributed by atoms with Crippen molar-refractivity contribution in [2.24, 2.45) is 7.05 Å². The second-order valence-electron chi connectivity index (χ2n) is 4.69. The molecule has 1 amide bonds. The summed E-state index contributed by atoms with van der Waals surface area (Å²) < 4.78 is 2.10. The Hall–Kier alpha value is -1.84. The van der Waals surface area contributed by atoms with Crippen molar-refractivity contribution in [2.45, 2.75) is 12.3 Å². The summed E-state index contributed by atoms with van der Waals surface area (Å²) in [5.41, 5.74) is 2.14. The van der Waals surface area contributed by atoms with Crippen LogP contribution in [0.1, 0.15) is 18.2 Å². The van der Waals surface area contributed by atoms with Crippen LogP contribution in [0.5, 0.6) is 0 Å². The highest BCUT2D eigenvalue weighted by molar-refractivity contribution is 5.80. The largest absolute Gasteiger partial charge is 0.345 e. The molecule has 88 valence electrons. The van der Waals surface area contributed by atoms with Crippen LogP contribution in [-0.2, 0) is 11.8 Å². The highest BCUT2D eigenvalue weighted by atomic mass is 16.2. The first-order valence-electron chi connectivity index (χ1n) is 5.82. The Kier molecular flexibility index (Phi) is 2.18. The number of fused-ring (bicyclic) bond motifs is 1. The van der Waals surface area contributed by atoms with Crippen molar-refractivity contribution in [3.63, 3.8) is 0 Å². The maximum absolute atomic E-state index is 11.6. The van der Waals surface area contributed by atoms with Crippen LogP contribution in [-0.4, -0.2) is 34.0 Å². The Morgan fingerprint density at radius 1 is 1.29 bits per heavy atom. The monoisotopic (exact) mass is 229 g/mol. The molecule has 0 unspecified atom stereocenters. The van der Waals surface area contributed by atoms with Gasteiger partial charge in [0.15, 0.2) is 0 Å². The van der Waals surface area contributed by atoms with Crippen LogP contribution < -0.4 is 0 Å². The molecule has 17 heavy (non-hydrogen) atoms. The number of rotatable bonds is 1. The lowest BCUT2D eigenvalue weighted by Gasteiger charge is -2.10.